The maximum Gasteiger partial charge on any atom is -0.00993 e. The minimum Gasteiger partial charge on any atom is -0.0955 e. The largest absolute Gasteiger partial charge is 0.0955 e. The van der Waals surface area contributed by atoms with Gasteiger partial charge in [0.25, 0.3) is 0 Å². The summed E-state index contributed by atoms with van der Waals surface area (Å²) in [5.41, 5.74) is 2.36. The van der Waals surface area contributed by atoms with Gasteiger partial charge in [0.05, 0.1) is 0 Å². The fraction of sp³-hybridized carbons (Fsp3) is 0.0588. The summed E-state index contributed by atoms with van der Waals surface area (Å²) in [4.78, 5) is 0. The van der Waals surface area contributed by atoms with E-state index in [0.29, 0.717) is 0 Å². The third-order valence-electron chi connectivity index (χ3n) is 3.25. The number of hydrogen-bond donors (Lipinski definition) is 0. The maximum atomic E-state index is 4.06. The van der Waals surface area contributed by atoms with Gasteiger partial charge in [-0.25, -0.2) is 0 Å². The summed E-state index contributed by atoms with van der Waals surface area (Å²) in [7, 11) is 0. The van der Waals surface area contributed by atoms with Crippen LogP contribution >= 0.6 is 0 Å². The number of benzene rings is 3. The molecule has 0 N–H and O–H groups in total. The highest BCUT2D eigenvalue weighted by Gasteiger charge is 2.04. The number of rotatable bonds is 1. The zero-order valence-electron chi connectivity index (χ0n) is 9.90. The topological polar surface area (TPSA) is 0 Å². The third-order valence-corrected chi connectivity index (χ3v) is 3.25. The summed E-state index contributed by atoms with van der Waals surface area (Å²) >= 11 is 0. The van der Waals surface area contributed by atoms with E-state index in [9.17, 15) is 0 Å². The van der Waals surface area contributed by atoms with Gasteiger partial charge < -0.3 is 0 Å². The molecule has 0 aliphatic heterocycles. The molecule has 3 aromatic carbocycles. The van der Waals surface area contributed by atoms with Crippen LogP contribution in [0.1, 0.15) is 12.5 Å². The second kappa shape index (κ2) is 3.74. The van der Waals surface area contributed by atoms with Gasteiger partial charge in [-0.1, -0.05) is 66.7 Å². The molecule has 0 heteroatoms. The van der Waals surface area contributed by atoms with Crippen LogP contribution in [0.25, 0.3) is 27.1 Å². The second-order valence-corrected chi connectivity index (χ2v) is 4.47. The van der Waals surface area contributed by atoms with Crippen molar-refractivity contribution >= 4 is 27.1 Å². The molecule has 0 saturated carbocycles. The van der Waals surface area contributed by atoms with Crippen LogP contribution in [0, 0.1) is 0 Å². The standard InChI is InChI=1S/C17H14/c1-12(2)14-8-5-9-16-15-7-4-3-6-13(15)10-11-17(14)16/h3-11H,1H2,2H3. The van der Waals surface area contributed by atoms with Gasteiger partial charge in [0.1, 0.15) is 0 Å². The van der Waals surface area contributed by atoms with Crippen molar-refractivity contribution in [1.29, 1.82) is 0 Å². The summed E-state index contributed by atoms with van der Waals surface area (Å²) in [6.07, 6.45) is 0. The molecule has 0 aliphatic rings. The second-order valence-electron chi connectivity index (χ2n) is 4.47. The van der Waals surface area contributed by atoms with E-state index in [1.165, 1.54) is 27.1 Å². The van der Waals surface area contributed by atoms with E-state index in [1.54, 1.807) is 0 Å². The Labute approximate surface area is 101 Å². The van der Waals surface area contributed by atoms with Crippen molar-refractivity contribution < 1.29 is 0 Å². The molecule has 0 aromatic heterocycles. The molecule has 0 aliphatic carbocycles. The number of hydrogen-bond acceptors (Lipinski definition) is 0. The summed E-state index contributed by atoms with van der Waals surface area (Å²) in [6, 6.07) is 19.3. The van der Waals surface area contributed by atoms with Crippen LogP contribution in [-0.2, 0) is 0 Å². The molecule has 3 rings (SSSR count). The molecular weight excluding hydrogens is 204 g/mol. The minimum absolute atomic E-state index is 1.12. The quantitative estimate of drug-likeness (QED) is 0.503. The van der Waals surface area contributed by atoms with Gasteiger partial charge >= 0.3 is 0 Å². The molecule has 0 radical (unpaired) electrons. The highest BCUT2D eigenvalue weighted by atomic mass is 14.1. The Hall–Kier alpha value is -2.08. The molecule has 3 aromatic rings. The van der Waals surface area contributed by atoms with Crippen LogP contribution in [0.4, 0.5) is 0 Å². The van der Waals surface area contributed by atoms with E-state index >= 15 is 0 Å². The molecule has 0 fully saturated rings. The molecule has 82 valence electrons. The average Bonchev–Trinajstić information content (AvgIpc) is 2.37. The van der Waals surface area contributed by atoms with Gasteiger partial charge in [0, 0.05) is 0 Å². The maximum absolute atomic E-state index is 4.06. The van der Waals surface area contributed by atoms with E-state index in [-0.39, 0.29) is 0 Å². The van der Waals surface area contributed by atoms with Crippen molar-refractivity contribution in [2.45, 2.75) is 6.92 Å². The Morgan fingerprint density at radius 2 is 1.53 bits per heavy atom. The van der Waals surface area contributed by atoms with Crippen LogP contribution in [0.3, 0.4) is 0 Å². The van der Waals surface area contributed by atoms with Crippen LogP contribution in [-0.4, -0.2) is 0 Å². The lowest BCUT2D eigenvalue weighted by molar-refractivity contribution is 1.64. The van der Waals surface area contributed by atoms with Crippen molar-refractivity contribution in [2.75, 3.05) is 0 Å². The molecule has 0 heterocycles. The lowest BCUT2D eigenvalue weighted by atomic mass is 9.96. The number of fused-ring (bicyclic) bond motifs is 3. The van der Waals surface area contributed by atoms with Crippen LogP contribution in [0.15, 0.2) is 61.2 Å². The molecular formula is C17H14. The predicted molar refractivity (Wildman–Crippen MR) is 76.2 cm³/mol. The Morgan fingerprint density at radius 3 is 2.35 bits per heavy atom. The van der Waals surface area contributed by atoms with Crippen molar-refractivity contribution in [3.05, 3.63) is 66.7 Å². The van der Waals surface area contributed by atoms with Crippen molar-refractivity contribution in [3.8, 4) is 0 Å². The van der Waals surface area contributed by atoms with Crippen LogP contribution in [0.2, 0.25) is 0 Å². The number of allylic oxidation sites excluding steroid dienone is 1. The molecule has 0 nitrogen and oxygen atoms in total. The van der Waals surface area contributed by atoms with E-state index in [4.69, 9.17) is 0 Å². The van der Waals surface area contributed by atoms with Gasteiger partial charge in [0.2, 0.25) is 0 Å². The lowest BCUT2D eigenvalue weighted by Crippen LogP contribution is -1.83. The Bertz CT molecular complexity index is 720. The predicted octanol–water partition coefficient (Wildman–Crippen LogP) is 5.03. The summed E-state index contributed by atoms with van der Waals surface area (Å²) in [5, 5.41) is 5.20. The monoisotopic (exact) mass is 218 g/mol. The van der Waals surface area contributed by atoms with Gasteiger partial charge in [0.15, 0.2) is 0 Å². The Kier molecular flexibility index (Phi) is 2.22. The first-order valence-corrected chi connectivity index (χ1v) is 5.84. The van der Waals surface area contributed by atoms with Gasteiger partial charge in [-0.15, -0.1) is 0 Å². The van der Waals surface area contributed by atoms with Gasteiger partial charge in [-0.05, 0) is 34.0 Å². The third kappa shape index (κ3) is 1.53. The zero-order chi connectivity index (χ0) is 11.8. The van der Waals surface area contributed by atoms with Crippen LogP contribution < -0.4 is 0 Å². The molecule has 0 saturated heterocycles. The Balaban J connectivity index is 2.52. The molecule has 0 spiro atoms. The zero-order valence-corrected chi connectivity index (χ0v) is 9.90. The first-order valence-electron chi connectivity index (χ1n) is 5.84. The highest BCUT2D eigenvalue weighted by Crippen LogP contribution is 2.29. The molecule has 0 amide bonds. The Morgan fingerprint density at radius 1 is 0.765 bits per heavy atom. The van der Waals surface area contributed by atoms with Gasteiger partial charge in [-0.2, -0.15) is 0 Å². The normalized spacial score (nSPS) is 10.9. The van der Waals surface area contributed by atoms with E-state index in [2.05, 4.69) is 68.1 Å². The summed E-state index contributed by atoms with van der Waals surface area (Å²) in [5.74, 6) is 0. The summed E-state index contributed by atoms with van der Waals surface area (Å²) in [6.45, 7) is 6.12. The smallest absolute Gasteiger partial charge is 0.00993 e. The van der Waals surface area contributed by atoms with E-state index in [1.807, 2.05) is 0 Å². The highest BCUT2D eigenvalue weighted by molar-refractivity contribution is 6.10. The summed E-state index contributed by atoms with van der Waals surface area (Å²) < 4.78 is 0. The van der Waals surface area contributed by atoms with E-state index in [0.717, 1.165) is 5.57 Å². The van der Waals surface area contributed by atoms with Crippen molar-refractivity contribution in [2.24, 2.45) is 0 Å². The fourth-order valence-electron chi connectivity index (χ4n) is 2.41. The average molecular weight is 218 g/mol. The van der Waals surface area contributed by atoms with Crippen LogP contribution in [0.5, 0.6) is 0 Å². The minimum atomic E-state index is 1.12. The molecule has 17 heavy (non-hydrogen) atoms. The van der Waals surface area contributed by atoms with E-state index < -0.39 is 0 Å². The lowest BCUT2D eigenvalue weighted by Gasteiger charge is -2.08. The molecule has 0 atom stereocenters. The SMILES string of the molecule is C=C(C)c1cccc2c1ccc1ccccc12. The molecule has 0 unspecified atom stereocenters. The van der Waals surface area contributed by atoms with Crippen molar-refractivity contribution in [1.82, 2.24) is 0 Å². The first kappa shape index (κ1) is 10.1. The van der Waals surface area contributed by atoms with Gasteiger partial charge in [-0.3, -0.25) is 0 Å². The van der Waals surface area contributed by atoms with Crippen molar-refractivity contribution in [3.63, 3.8) is 0 Å². The molecule has 0 bridgehead atoms. The first-order chi connectivity index (χ1) is 8.27. The fourth-order valence-corrected chi connectivity index (χ4v) is 2.41.